The maximum atomic E-state index is 12.3. The van der Waals surface area contributed by atoms with Crippen molar-refractivity contribution in [2.24, 2.45) is 16.6 Å². The molecule has 2 N–H and O–H groups in total. The number of likely N-dealkylation sites (tertiary alicyclic amines) is 1. The Balaban J connectivity index is 1.88. The van der Waals surface area contributed by atoms with Crippen molar-refractivity contribution in [2.45, 2.75) is 24.0 Å². The summed E-state index contributed by atoms with van der Waals surface area (Å²) in [5.41, 5.74) is 6.01. The number of nitrogens with two attached hydrogens (primary N) is 1. The van der Waals surface area contributed by atoms with Crippen LogP contribution in [0.1, 0.15) is 19.8 Å². The van der Waals surface area contributed by atoms with Crippen LogP contribution < -0.4 is 5.73 Å². The van der Waals surface area contributed by atoms with Crippen molar-refractivity contribution in [3.8, 4) is 0 Å². The van der Waals surface area contributed by atoms with E-state index in [1.54, 1.807) is 24.6 Å². The lowest BCUT2D eigenvalue weighted by atomic mass is 10.0. The van der Waals surface area contributed by atoms with Gasteiger partial charge in [0.05, 0.1) is 6.54 Å². The van der Waals surface area contributed by atoms with Gasteiger partial charge in [0.1, 0.15) is 4.21 Å². The highest BCUT2D eigenvalue weighted by atomic mass is 32.2. The van der Waals surface area contributed by atoms with E-state index in [1.807, 2.05) is 0 Å². The summed E-state index contributed by atoms with van der Waals surface area (Å²) < 4.78 is 26.2. The molecule has 2 heterocycles. The van der Waals surface area contributed by atoms with Gasteiger partial charge in [0.15, 0.2) is 5.96 Å². The molecule has 22 heavy (non-hydrogen) atoms. The van der Waals surface area contributed by atoms with Crippen LogP contribution in [0.25, 0.3) is 0 Å². The van der Waals surface area contributed by atoms with Gasteiger partial charge in [-0.05, 0) is 30.2 Å². The summed E-state index contributed by atoms with van der Waals surface area (Å²) in [5.74, 6) is 1.15. The lowest BCUT2D eigenvalue weighted by Crippen LogP contribution is -2.43. The van der Waals surface area contributed by atoms with Crippen molar-refractivity contribution < 1.29 is 8.42 Å². The molecule has 0 aliphatic carbocycles. The van der Waals surface area contributed by atoms with Gasteiger partial charge in [-0.25, -0.2) is 8.42 Å². The van der Waals surface area contributed by atoms with Gasteiger partial charge in [-0.2, -0.15) is 4.31 Å². The van der Waals surface area contributed by atoms with Crippen molar-refractivity contribution in [1.82, 2.24) is 9.21 Å². The average Bonchev–Trinajstić information content (AvgIpc) is 3.01. The number of hydrogen-bond acceptors (Lipinski definition) is 4. The first-order valence-corrected chi connectivity index (χ1v) is 9.78. The second kappa shape index (κ2) is 7.43. The quantitative estimate of drug-likeness (QED) is 0.647. The molecule has 1 aromatic rings. The second-order valence-corrected chi connectivity index (χ2v) is 8.91. The summed E-state index contributed by atoms with van der Waals surface area (Å²) in [6.07, 6.45) is 2.36. The Hall–Kier alpha value is -1.12. The highest BCUT2D eigenvalue weighted by Gasteiger charge is 2.21. The molecular weight excluding hydrogens is 320 g/mol. The average molecular weight is 345 g/mol. The predicted molar refractivity (Wildman–Crippen MR) is 90.6 cm³/mol. The molecule has 1 aliphatic rings. The fraction of sp³-hybridized carbons (Fsp3) is 0.643. The second-order valence-electron chi connectivity index (χ2n) is 5.69. The van der Waals surface area contributed by atoms with E-state index in [4.69, 9.17) is 5.73 Å². The zero-order valence-electron chi connectivity index (χ0n) is 13.1. The molecule has 1 unspecified atom stereocenters. The number of guanidine groups is 1. The van der Waals surface area contributed by atoms with Crippen LogP contribution in [0.3, 0.4) is 0 Å². The van der Waals surface area contributed by atoms with Crippen LogP contribution in [-0.2, 0) is 10.0 Å². The van der Waals surface area contributed by atoms with Gasteiger partial charge in [-0.1, -0.05) is 13.0 Å². The molecule has 1 saturated heterocycles. The van der Waals surface area contributed by atoms with Crippen molar-refractivity contribution >= 4 is 27.3 Å². The van der Waals surface area contributed by atoms with Crippen molar-refractivity contribution in [3.05, 3.63) is 17.5 Å². The molecule has 1 aromatic heterocycles. The Morgan fingerprint density at radius 3 is 3.00 bits per heavy atom. The van der Waals surface area contributed by atoms with Crippen LogP contribution in [0.4, 0.5) is 0 Å². The number of sulfonamides is 1. The Kier molecular flexibility index (Phi) is 5.82. The fourth-order valence-electron chi connectivity index (χ4n) is 2.49. The number of thiophene rings is 1. The zero-order chi connectivity index (χ0) is 16.2. The Labute approximate surface area is 136 Å². The molecule has 0 aromatic carbocycles. The summed E-state index contributed by atoms with van der Waals surface area (Å²) in [6, 6.07) is 3.35. The summed E-state index contributed by atoms with van der Waals surface area (Å²) >= 11 is 1.22. The van der Waals surface area contributed by atoms with Gasteiger partial charge >= 0.3 is 0 Å². The first-order valence-electron chi connectivity index (χ1n) is 7.46. The number of likely N-dealkylation sites (N-methyl/N-ethyl adjacent to an activating group) is 1. The van der Waals surface area contributed by atoms with E-state index in [9.17, 15) is 8.42 Å². The summed E-state index contributed by atoms with van der Waals surface area (Å²) in [6.45, 7) is 4.77. The summed E-state index contributed by atoms with van der Waals surface area (Å²) in [7, 11) is -1.83. The van der Waals surface area contributed by atoms with E-state index >= 15 is 0 Å². The third-order valence-electron chi connectivity index (χ3n) is 3.83. The summed E-state index contributed by atoms with van der Waals surface area (Å²) in [5, 5.41) is 1.76. The minimum absolute atomic E-state index is 0.324. The van der Waals surface area contributed by atoms with Gasteiger partial charge in [-0.3, -0.25) is 4.99 Å². The SMILES string of the molecule is CC1CCCN(C(N)=NCCN(C)S(=O)(=O)c2cccs2)C1. The van der Waals surface area contributed by atoms with Crippen LogP contribution in [0.5, 0.6) is 0 Å². The van der Waals surface area contributed by atoms with Gasteiger partial charge in [0.25, 0.3) is 10.0 Å². The smallest absolute Gasteiger partial charge is 0.252 e. The van der Waals surface area contributed by atoms with Crippen molar-refractivity contribution in [3.63, 3.8) is 0 Å². The molecule has 0 bridgehead atoms. The molecule has 0 saturated carbocycles. The van der Waals surface area contributed by atoms with Crippen molar-refractivity contribution in [2.75, 3.05) is 33.2 Å². The van der Waals surface area contributed by atoms with Crippen LogP contribution in [0.15, 0.2) is 26.7 Å². The molecule has 8 heteroatoms. The number of aliphatic imine (C=N–C) groups is 1. The number of nitrogens with zero attached hydrogens (tertiary/aromatic N) is 3. The van der Waals surface area contributed by atoms with Crippen LogP contribution in [-0.4, -0.2) is 56.8 Å². The molecule has 0 radical (unpaired) electrons. The molecule has 0 amide bonds. The minimum Gasteiger partial charge on any atom is -0.370 e. The molecule has 124 valence electrons. The summed E-state index contributed by atoms with van der Waals surface area (Å²) in [4.78, 5) is 6.42. The lowest BCUT2D eigenvalue weighted by molar-refractivity contribution is 0.270. The Morgan fingerprint density at radius 2 is 2.36 bits per heavy atom. The van der Waals surface area contributed by atoms with E-state index in [1.165, 1.54) is 22.1 Å². The maximum absolute atomic E-state index is 12.3. The minimum atomic E-state index is -3.40. The van der Waals surface area contributed by atoms with Crippen molar-refractivity contribution in [1.29, 1.82) is 0 Å². The molecule has 6 nitrogen and oxygen atoms in total. The first-order chi connectivity index (χ1) is 10.4. The lowest BCUT2D eigenvalue weighted by Gasteiger charge is -2.31. The standard InChI is InChI=1S/C14H24N4O2S2/c1-12-5-3-8-18(11-12)14(15)16-7-9-17(2)22(19,20)13-6-4-10-21-13/h4,6,10,12H,3,5,7-9,11H2,1-2H3,(H2,15,16). The monoisotopic (exact) mass is 344 g/mol. The molecule has 1 fully saturated rings. The largest absolute Gasteiger partial charge is 0.370 e. The van der Waals surface area contributed by atoms with E-state index < -0.39 is 10.0 Å². The molecule has 1 aliphatic heterocycles. The number of hydrogen-bond donors (Lipinski definition) is 1. The van der Waals surface area contributed by atoms with Gasteiger partial charge < -0.3 is 10.6 Å². The Bertz CT molecular complexity index is 598. The van der Waals surface area contributed by atoms with E-state index in [0.717, 1.165) is 19.5 Å². The zero-order valence-corrected chi connectivity index (χ0v) is 14.7. The van der Waals surface area contributed by atoms with Crippen LogP contribution >= 0.6 is 11.3 Å². The van der Waals surface area contributed by atoms with Gasteiger partial charge in [0, 0.05) is 26.7 Å². The third-order valence-corrected chi connectivity index (χ3v) is 7.06. The van der Waals surface area contributed by atoms with Gasteiger partial charge in [0.2, 0.25) is 0 Å². The number of piperidine rings is 1. The normalized spacial score (nSPS) is 20.6. The van der Waals surface area contributed by atoms with E-state index in [0.29, 0.717) is 29.2 Å². The highest BCUT2D eigenvalue weighted by molar-refractivity contribution is 7.91. The van der Waals surface area contributed by atoms with Crippen LogP contribution in [0.2, 0.25) is 0 Å². The maximum Gasteiger partial charge on any atom is 0.252 e. The number of rotatable bonds is 5. The molecule has 1 atom stereocenters. The van der Waals surface area contributed by atoms with Gasteiger partial charge in [-0.15, -0.1) is 11.3 Å². The van der Waals surface area contributed by atoms with E-state index in [2.05, 4.69) is 16.8 Å². The molecule has 2 rings (SSSR count). The topological polar surface area (TPSA) is 79.0 Å². The van der Waals surface area contributed by atoms with Crippen LogP contribution in [0, 0.1) is 5.92 Å². The first kappa shape index (κ1) is 17.2. The van der Waals surface area contributed by atoms with E-state index in [-0.39, 0.29) is 0 Å². The Morgan fingerprint density at radius 1 is 1.59 bits per heavy atom. The molecule has 0 spiro atoms. The fourth-order valence-corrected chi connectivity index (χ4v) is 4.85. The highest BCUT2D eigenvalue weighted by Crippen LogP contribution is 2.19. The predicted octanol–water partition coefficient (Wildman–Crippen LogP) is 1.42. The molecular formula is C14H24N4O2S2. The third kappa shape index (κ3) is 4.21.